The highest BCUT2D eigenvalue weighted by Gasteiger charge is 2.68. The highest BCUT2D eigenvalue weighted by molar-refractivity contribution is 6.47. The van der Waals surface area contributed by atoms with Gasteiger partial charge in [-0.1, -0.05) is 70.2 Å². The number of amides is 1. The molecule has 0 unspecified atom stereocenters. The summed E-state index contributed by atoms with van der Waals surface area (Å²) in [6.45, 7) is 12.5. The van der Waals surface area contributed by atoms with Crippen LogP contribution in [0.15, 0.2) is 48.5 Å². The van der Waals surface area contributed by atoms with E-state index in [1.807, 2.05) is 0 Å². The lowest BCUT2D eigenvalue weighted by atomic mass is 9.43. The maximum Gasteiger partial charge on any atom is 0.481 e. The zero-order valence-corrected chi connectivity index (χ0v) is 25.0. The minimum atomic E-state index is -1.03. The third kappa shape index (κ3) is 5.63. The van der Waals surface area contributed by atoms with Crippen LogP contribution in [0.4, 0.5) is 4.39 Å². The van der Waals surface area contributed by atoms with E-state index in [0.29, 0.717) is 34.9 Å². The Hall–Kier alpha value is -2.55. The van der Waals surface area contributed by atoms with Crippen molar-refractivity contribution in [3.05, 3.63) is 59.9 Å². The van der Waals surface area contributed by atoms with Crippen LogP contribution >= 0.6 is 0 Å². The largest absolute Gasteiger partial charge is 0.481 e. The van der Waals surface area contributed by atoms with Gasteiger partial charge in [0, 0.05) is 17.5 Å². The Morgan fingerprint density at radius 2 is 1.76 bits per heavy atom. The molecule has 1 saturated heterocycles. The van der Waals surface area contributed by atoms with Crippen LogP contribution in [0.25, 0.3) is 11.1 Å². The summed E-state index contributed by atoms with van der Waals surface area (Å²) in [7, 11) is -0.581. The molecule has 4 fully saturated rings. The van der Waals surface area contributed by atoms with E-state index in [0.717, 1.165) is 12.8 Å². The monoisotopic (exact) mass is 563 g/mol. The van der Waals surface area contributed by atoms with Gasteiger partial charge < -0.3 is 19.7 Å². The van der Waals surface area contributed by atoms with E-state index in [1.54, 1.807) is 42.5 Å². The highest BCUT2D eigenvalue weighted by Crippen LogP contribution is 2.65. The third-order valence-electron chi connectivity index (χ3n) is 10.1. The van der Waals surface area contributed by atoms with Crippen molar-refractivity contribution in [3.8, 4) is 11.1 Å². The number of rotatable bonds is 10. The first-order valence-corrected chi connectivity index (χ1v) is 15.0. The molecule has 0 aromatic heterocycles. The van der Waals surface area contributed by atoms with Gasteiger partial charge in [0.25, 0.3) is 0 Å². The summed E-state index contributed by atoms with van der Waals surface area (Å²) in [5.41, 5.74) is 1.34. The van der Waals surface area contributed by atoms with E-state index < -0.39 is 30.7 Å². The molecule has 2 bridgehead atoms. The molecule has 6 nitrogen and oxygen atoms in total. The van der Waals surface area contributed by atoms with E-state index >= 15 is 0 Å². The van der Waals surface area contributed by atoms with Gasteiger partial charge >= 0.3 is 7.12 Å². The minimum absolute atomic E-state index is 0.00249. The van der Waals surface area contributed by atoms with E-state index in [9.17, 15) is 19.1 Å². The van der Waals surface area contributed by atoms with Crippen molar-refractivity contribution < 1.29 is 28.4 Å². The van der Waals surface area contributed by atoms with Crippen LogP contribution in [-0.4, -0.2) is 47.7 Å². The topological polar surface area (TPSA) is 84.9 Å². The zero-order valence-electron chi connectivity index (χ0n) is 25.0. The molecule has 7 atom stereocenters. The second-order valence-electron chi connectivity index (χ2n) is 13.6. The number of halogens is 1. The highest BCUT2D eigenvalue weighted by atomic mass is 19.1. The van der Waals surface area contributed by atoms with Crippen LogP contribution in [0.5, 0.6) is 0 Å². The van der Waals surface area contributed by atoms with Gasteiger partial charge in [-0.15, -0.1) is 0 Å². The molecule has 0 radical (unpaired) electrons. The number of carbonyl (C=O) groups excluding carboxylic acids is 2. The van der Waals surface area contributed by atoms with Crippen LogP contribution in [-0.2, 0) is 14.1 Å². The molecule has 1 heterocycles. The van der Waals surface area contributed by atoms with Crippen molar-refractivity contribution >= 4 is 18.8 Å². The molecule has 1 amide bonds. The summed E-state index contributed by atoms with van der Waals surface area (Å²) in [6.07, 6.45) is 1.56. The van der Waals surface area contributed by atoms with Crippen LogP contribution in [0.2, 0.25) is 0 Å². The van der Waals surface area contributed by atoms with Crippen LogP contribution in [0.3, 0.4) is 0 Å². The average Bonchev–Trinajstić information content (AvgIpc) is 3.28. The number of aliphatic hydroxyl groups excluding tert-OH is 1. The lowest BCUT2D eigenvalue weighted by molar-refractivity contribution is -0.199. The fourth-order valence-electron chi connectivity index (χ4n) is 7.44. The Balaban J connectivity index is 1.27. The first kappa shape index (κ1) is 29.9. The second-order valence-corrected chi connectivity index (χ2v) is 13.6. The van der Waals surface area contributed by atoms with Crippen molar-refractivity contribution in [2.75, 3.05) is 0 Å². The quantitative estimate of drug-likeness (QED) is 0.280. The molecule has 2 aromatic rings. The molecule has 2 aromatic carbocycles. The Kier molecular flexibility index (Phi) is 8.23. The first-order valence-electron chi connectivity index (χ1n) is 15.0. The van der Waals surface area contributed by atoms with Crippen molar-refractivity contribution in [2.45, 2.75) is 91.0 Å². The third-order valence-corrected chi connectivity index (χ3v) is 10.1. The van der Waals surface area contributed by atoms with Gasteiger partial charge in [0.15, 0.2) is 5.78 Å². The van der Waals surface area contributed by atoms with E-state index in [2.05, 4.69) is 39.9 Å². The molecule has 220 valence electrons. The number of ketones is 1. The molecule has 0 spiro atoms. The number of hydrogen-bond acceptors (Lipinski definition) is 5. The molecule has 3 aliphatic carbocycles. The molecular formula is C33H43BFNO5. The lowest BCUT2D eigenvalue weighted by Gasteiger charge is -2.64. The van der Waals surface area contributed by atoms with Gasteiger partial charge in [-0.2, -0.15) is 0 Å². The van der Waals surface area contributed by atoms with Gasteiger partial charge in [-0.25, -0.2) is 4.39 Å². The van der Waals surface area contributed by atoms with Crippen molar-refractivity contribution in [2.24, 2.45) is 29.1 Å². The Bertz CT molecular complexity index is 1280. The van der Waals surface area contributed by atoms with E-state index in [-0.39, 0.29) is 41.4 Å². The summed E-state index contributed by atoms with van der Waals surface area (Å²) >= 11 is 0. The summed E-state index contributed by atoms with van der Waals surface area (Å²) in [6, 6.07) is 13.1. The fraction of sp³-hybridized carbons (Fsp3) is 0.576. The molecule has 2 N–H and O–H groups in total. The fourth-order valence-corrected chi connectivity index (χ4v) is 7.44. The predicted molar refractivity (Wildman–Crippen MR) is 157 cm³/mol. The van der Waals surface area contributed by atoms with Crippen molar-refractivity contribution in [1.82, 2.24) is 5.32 Å². The Morgan fingerprint density at radius 3 is 2.37 bits per heavy atom. The number of aliphatic hydroxyl groups is 1. The molecule has 6 rings (SSSR count). The molecule has 41 heavy (non-hydrogen) atoms. The smallest absolute Gasteiger partial charge is 0.404 e. The van der Waals surface area contributed by atoms with Crippen molar-refractivity contribution in [1.29, 1.82) is 0 Å². The number of carbonyl (C=O) groups is 2. The Labute approximate surface area is 243 Å². The summed E-state index contributed by atoms with van der Waals surface area (Å²) in [5, 5.41) is 13.7. The van der Waals surface area contributed by atoms with Gasteiger partial charge in [0.1, 0.15) is 5.82 Å². The normalized spacial score (nSPS) is 28.4. The summed E-state index contributed by atoms with van der Waals surface area (Å²) < 4.78 is 27.3. The van der Waals surface area contributed by atoms with Gasteiger partial charge in [0.05, 0.1) is 29.7 Å². The number of benzene rings is 2. The maximum atomic E-state index is 14.2. The van der Waals surface area contributed by atoms with Crippen LogP contribution < -0.4 is 5.32 Å². The van der Waals surface area contributed by atoms with Crippen LogP contribution in [0.1, 0.15) is 77.6 Å². The van der Waals surface area contributed by atoms with E-state index in [4.69, 9.17) is 9.31 Å². The Morgan fingerprint density at radius 1 is 1.07 bits per heavy atom. The SMILES string of the molecule is CC(C)C[C@H](NC(=O)[C@@H](CC(=O)c1ccc(-c2ccccc2F)cc1)[C@@H](C)O)B1O[C@@H]2C[C@H]3C[C@H](C3(C)C)[C@]2(C)O1. The number of nitrogens with one attached hydrogen (secondary N) is 1. The van der Waals surface area contributed by atoms with Gasteiger partial charge in [-0.05, 0) is 67.9 Å². The van der Waals surface area contributed by atoms with E-state index in [1.165, 1.54) is 13.0 Å². The number of hydrogen-bond donors (Lipinski definition) is 2. The van der Waals surface area contributed by atoms with Crippen LogP contribution in [0, 0.1) is 34.9 Å². The summed E-state index contributed by atoms with van der Waals surface area (Å²) in [4.78, 5) is 26.8. The molecule has 8 heteroatoms. The molecular weight excluding hydrogens is 520 g/mol. The second kappa shape index (κ2) is 11.3. The predicted octanol–water partition coefficient (Wildman–Crippen LogP) is 5.86. The zero-order chi connectivity index (χ0) is 29.7. The summed E-state index contributed by atoms with van der Waals surface area (Å²) in [5.74, 6) is -1.02. The maximum absolute atomic E-state index is 14.2. The van der Waals surface area contributed by atoms with Crippen molar-refractivity contribution in [3.63, 3.8) is 0 Å². The minimum Gasteiger partial charge on any atom is -0.404 e. The lowest BCUT2D eigenvalue weighted by Crippen LogP contribution is -2.65. The number of Topliss-reactive ketones (excluding diaryl/α,β-unsaturated/α-hetero) is 1. The standard InChI is InChI=1S/C33H43BFNO5/c1-19(2)15-30(34-40-29-17-23-16-28(32(23,4)5)33(29,6)41-34)36-31(39)25(20(3)37)18-27(38)22-13-11-21(12-14-22)24-9-7-8-10-26(24)35/h7-14,19-20,23,25,28-30,37H,15-18H2,1-6H3,(H,36,39)/t20-,23-,25+,28-,29-,30+,33+/m1/s1. The first-order chi connectivity index (χ1) is 19.3. The average molecular weight is 564 g/mol. The molecule has 3 saturated carbocycles. The molecule has 1 aliphatic heterocycles. The van der Waals surface area contributed by atoms with Gasteiger partial charge in [-0.3, -0.25) is 9.59 Å². The van der Waals surface area contributed by atoms with Gasteiger partial charge in [0.2, 0.25) is 5.91 Å². The molecule has 4 aliphatic rings.